The molecule has 0 atom stereocenters. The van der Waals surface area contributed by atoms with E-state index in [0.29, 0.717) is 10.9 Å². The van der Waals surface area contributed by atoms with E-state index in [4.69, 9.17) is 0 Å². The predicted molar refractivity (Wildman–Crippen MR) is 68.0 cm³/mol. The smallest absolute Gasteiger partial charge is 0.230 e. The first-order chi connectivity index (χ1) is 8.13. The second-order valence-electron chi connectivity index (χ2n) is 4.47. The number of nitrogens with zero attached hydrogens (tertiary/aromatic N) is 2. The van der Waals surface area contributed by atoms with Crippen LogP contribution in [0.2, 0.25) is 0 Å². The van der Waals surface area contributed by atoms with Gasteiger partial charge in [0.25, 0.3) is 0 Å². The summed E-state index contributed by atoms with van der Waals surface area (Å²) in [5.74, 6) is 1.20. The van der Waals surface area contributed by atoms with Crippen LogP contribution in [0, 0.1) is 19.8 Å². The van der Waals surface area contributed by atoms with E-state index in [1.54, 1.807) is 0 Å². The van der Waals surface area contributed by atoms with Gasteiger partial charge < -0.3 is 5.32 Å². The van der Waals surface area contributed by atoms with E-state index in [9.17, 15) is 4.79 Å². The van der Waals surface area contributed by atoms with Crippen LogP contribution in [0.5, 0.6) is 0 Å². The Kier molecular flexibility index (Phi) is 3.99. The summed E-state index contributed by atoms with van der Waals surface area (Å²) in [4.78, 5) is 20.1. The summed E-state index contributed by atoms with van der Waals surface area (Å²) in [6, 6.07) is 1.93. The molecule has 1 heterocycles. The lowest BCUT2D eigenvalue weighted by Gasteiger charge is -2.04. The van der Waals surface area contributed by atoms with Crippen LogP contribution in [-0.2, 0) is 4.79 Å². The molecule has 0 bridgehead atoms. The molecule has 0 saturated heterocycles. The fourth-order valence-electron chi connectivity index (χ4n) is 1.52. The van der Waals surface area contributed by atoms with Gasteiger partial charge in [0, 0.05) is 17.9 Å². The maximum Gasteiger partial charge on any atom is 0.230 e. The molecular weight excluding hydrogens is 234 g/mol. The summed E-state index contributed by atoms with van der Waals surface area (Å²) in [6.07, 6.45) is 2.52. The Morgan fingerprint density at radius 1 is 1.41 bits per heavy atom. The average Bonchev–Trinajstić information content (AvgIpc) is 3.06. The Balaban J connectivity index is 1.77. The van der Waals surface area contributed by atoms with Gasteiger partial charge in [0.05, 0.1) is 5.75 Å². The average molecular weight is 251 g/mol. The zero-order valence-corrected chi connectivity index (χ0v) is 11.0. The molecule has 5 heteroatoms. The van der Waals surface area contributed by atoms with Gasteiger partial charge in [-0.2, -0.15) is 0 Å². The molecule has 0 aromatic carbocycles. The summed E-state index contributed by atoms with van der Waals surface area (Å²) < 4.78 is 0. The highest BCUT2D eigenvalue weighted by molar-refractivity contribution is 7.99. The van der Waals surface area contributed by atoms with E-state index in [1.165, 1.54) is 24.6 Å². The molecule has 1 fully saturated rings. The number of hydrogen-bond donors (Lipinski definition) is 1. The highest BCUT2D eigenvalue weighted by Crippen LogP contribution is 2.27. The Labute approximate surface area is 106 Å². The zero-order valence-electron chi connectivity index (χ0n) is 10.2. The SMILES string of the molecule is Cc1cc(C)nc(SCC(=O)NCC2CC2)n1. The van der Waals surface area contributed by atoms with E-state index in [0.717, 1.165) is 23.9 Å². The van der Waals surface area contributed by atoms with E-state index >= 15 is 0 Å². The summed E-state index contributed by atoms with van der Waals surface area (Å²) >= 11 is 1.39. The highest BCUT2D eigenvalue weighted by atomic mass is 32.2. The van der Waals surface area contributed by atoms with Crippen molar-refractivity contribution in [3.8, 4) is 0 Å². The lowest BCUT2D eigenvalue weighted by atomic mass is 10.4. The van der Waals surface area contributed by atoms with Crippen molar-refractivity contribution in [3.63, 3.8) is 0 Å². The van der Waals surface area contributed by atoms with E-state index in [-0.39, 0.29) is 5.91 Å². The fourth-order valence-corrected chi connectivity index (χ4v) is 2.30. The van der Waals surface area contributed by atoms with Crippen LogP contribution in [-0.4, -0.2) is 28.2 Å². The molecule has 1 aliphatic rings. The second kappa shape index (κ2) is 5.49. The maximum atomic E-state index is 11.5. The lowest BCUT2D eigenvalue weighted by Crippen LogP contribution is -2.27. The number of hydrogen-bond acceptors (Lipinski definition) is 4. The first-order valence-electron chi connectivity index (χ1n) is 5.85. The van der Waals surface area contributed by atoms with Gasteiger partial charge in [-0.05, 0) is 38.7 Å². The lowest BCUT2D eigenvalue weighted by molar-refractivity contribution is -0.118. The van der Waals surface area contributed by atoms with Gasteiger partial charge in [0.2, 0.25) is 5.91 Å². The number of amides is 1. The standard InChI is InChI=1S/C12H17N3OS/c1-8-5-9(2)15-12(14-8)17-7-11(16)13-6-10-3-4-10/h5,10H,3-4,6-7H2,1-2H3,(H,13,16). The molecular formula is C12H17N3OS. The molecule has 2 rings (SSSR count). The Morgan fingerprint density at radius 3 is 2.65 bits per heavy atom. The minimum Gasteiger partial charge on any atom is -0.355 e. The summed E-state index contributed by atoms with van der Waals surface area (Å²) in [5, 5.41) is 3.61. The monoisotopic (exact) mass is 251 g/mol. The van der Waals surface area contributed by atoms with Crippen molar-refractivity contribution in [2.24, 2.45) is 5.92 Å². The number of nitrogens with one attached hydrogen (secondary N) is 1. The van der Waals surface area contributed by atoms with Crippen LogP contribution in [0.15, 0.2) is 11.2 Å². The molecule has 1 aromatic heterocycles. The number of thioether (sulfide) groups is 1. The number of rotatable bonds is 5. The van der Waals surface area contributed by atoms with Crippen molar-refractivity contribution in [1.82, 2.24) is 15.3 Å². The third-order valence-corrected chi connectivity index (χ3v) is 3.43. The van der Waals surface area contributed by atoms with Crippen LogP contribution in [0.3, 0.4) is 0 Å². The Hall–Kier alpha value is -1.10. The van der Waals surface area contributed by atoms with E-state index in [2.05, 4.69) is 15.3 Å². The zero-order chi connectivity index (χ0) is 12.3. The second-order valence-corrected chi connectivity index (χ2v) is 5.41. The molecule has 1 N–H and O–H groups in total. The molecule has 4 nitrogen and oxygen atoms in total. The van der Waals surface area contributed by atoms with E-state index in [1.807, 2.05) is 19.9 Å². The molecule has 0 aliphatic heterocycles. The first kappa shape index (κ1) is 12.4. The van der Waals surface area contributed by atoms with Crippen molar-refractivity contribution in [1.29, 1.82) is 0 Å². The summed E-state index contributed by atoms with van der Waals surface area (Å²) in [6.45, 7) is 4.70. The molecule has 1 amide bonds. The van der Waals surface area contributed by atoms with Crippen molar-refractivity contribution >= 4 is 17.7 Å². The number of aryl methyl sites for hydroxylation is 2. The molecule has 0 radical (unpaired) electrons. The molecule has 0 unspecified atom stereocenters. The van der Waals surface area contributed by atoms with Crippen LogP contribution >= 0.6 is 11.8 Å². The van der Waals surface area contributed by atoms with Crippen molar-refractivity contribution < 1.29 is 4.79 Å². The van der Waals surface area contributed by atoms with Gasteiger partial charge in [-0.3, -0.25) is 4.79 Å². The topological polar surface area (TPSA) is 54.9 Å². The van der Waals surface area contributed by atoms with Crippen LogP contribution < -0.4 is 5.32 Å². The van der Waals surface area contributed by atoms with Gasteiger partial charge in [-0.25, -0.2) is 9.97 Å². The molecule has 1 aliphatic carbocycles. The number of carbonyl (C=O) groups is 1. The third kappa shape index (κ3) is 4.34. The normalized spacial score (nSPS) is 14.7. The van der Waals surface area contributed by atoms with Crippen LogP contribution in [0.25, 0.3) is 0 Å². The van der Waals surface area contributed by atoms with Crippen LogP contribution in [0.1, 0.15) is 24.2 Å². The van der Waals surface area contributed by atoms with Crippen molar-refractivity contribution in [2.75, 3.05) is 12.3 Å². The Bertz CT molecular complexity index is 398. The minimum atomic E-state index is 0.0738. The fraction of sp³-hybridized carbons (Fsp3) is 0.583. The maximum absolute atomic E-state index is 11.5. The molecule has 17 heavy (non-hydrogen) atoms. The van der Waals surface area contributed by atoms with Crippen molar-refractivity contribution in [3.05, 3.63) is 17.5 Å². The molecule has 0 spiro atoms. The first-order valence-corrected chi connectivity index (χ1v) is 6.84. The quantitative estimate of drug-likeness (QED) is 0.639. The number of aromatic nitrogens is 2. The molecule has 1 saturated carbocycles. The minimum absolute atomic E-state index is 0.0738. The third-order valence-electron chi connectivity index (χ3n) is 2.58. The molecule has 1 aromatic rings. The van der Waals surface area contributed by atoms with Crippen LogP contribution in [0.4, 0.5) is 0 Å². The van der Waals surface area contributed by atoms with Gasteiger partial charge in [-0.15, -0.1) is 0 Å². The largest absolute Gasteiger partial charge is 0.355 e. The van der Waals surface area contributed by atoms with Gasteiger partial charge in [-0.1, -0.05) is 11.8 Å². The summed E-state index contributed by atoms with van der Waals surface area (Å²) in [5.41, 5.74) is 1.89. The molecule has 92 valence electrons. The highest BCUT2D eigenvalue weighted by Gasteiger charge is 2.21. The Morgan fingerprint density at radius 2 is 2.06 bits per heavy atom. The van der Waals surface area contributed by atoms with Gasteiger partial charge in [0.1, 0.15) is 0 Å². The number of carbonyl (C=O) groups excluding carboxylic acids is 1. The van der Waals surface area contributed by atoms with Gasteiger partial charge >= 0.3 is 0 Å². The summed E-state index contributed by atoms with van der Waals surface area (Å²) in [7, 11) is 0. The van der Waals surface area contributed by atoms with Gasteiger partial charge in [0.15, 0.2) is 5.16 Å². The predicted octanol–water partition coefficient (Wildman–Crippen LogP) is 1.71. The van der Waals surface area contributed by atoms with E-state index < -0.39 is 0 Å². The van der Waals surface area contributed by atoms with Crippen molar-refractivity contribution in [2.45, 2.75) is 31.8 Å².